The predicted octanol–water partition coefficient (Wildman–Crippen LogP) is 10.5. The van der Waals surface area contributed by atoms with Gasteiger partial charge in [-0.2, -0.15) is 0 Å². The van der Waals surface area contributed by atoms with Crippen molar-refractivity contribution in [3.63, 3.8) is 0 Å². The van der Waals surface area contributed by atoms with Gasteiger partial charge >= 0.3 is 0 Å². The third-order valence-electron chi connectivity index (χ3n) is 10.8. The predicted molar refractivity (Wildman–Crippen MR) is 209 cm³/mol. The second-order valence-electron chi connectivity index (χ2n) is 13.9. The van der Waals surface area contributed by atoms with Crippen molar-refractivity contribution in [1.82, 2.24) is 29.1 Å². The molecule has 0 atom stereocenters. The summed E-state index contributed by atoms with van der Waals surface area (Å²) in [6.45, 7) is 10.7. The van der Waals surface area contributed by atoms with Crippen LogP contribution in [0.4, 0.5) is 0 Å². The molecule has 5 heterocycles. The van der Waals surface area contributed by atoms with E-state index in [0.717, 1.165) is 52.0 Å². The van der Waals surface area contributed by atoms with Crippen LogP contribution in [0, 0.1) is 13.8 Å². The van der Waals surface area contributed by atoms with Gasteiger partial charge in [-0.1, -0.05) is 24.3 Å². The minimum Gasteiger partial charge on any atom is -0.307 e. The van der Waals surface area contributed by atoms with Crippen LogP contribution in [0.25, 0.3) is 82.8 Å². The maximum atomic E-state index is 4.57. The van der Waals surface area contributed by atoms with Crippen LogP contribution in [0.3, 0.4) is 0 Å². The van der Waals surface area contributed by atoms with Gasteiger partial charge in [0.1, 0.15) is 6.33 Å². The first-order chi connectivity index (χ1) is 24.9. The molecule has 0 saturated carbocycles. The molecule has 0 fully saturated rings. The molecule has 9 aromatic rings. The molecule has 51 heavy (non-hydrogen) atoms. The Morgan fingerprint density at radius 1 is 0.549 bits per heavy atom. The van der Waals surface area contributed by atoms with E-state index in [0.29, 0.717) is 0 Å². The molecule has 244 valence electrons. The minimum absolute atomic E-state index is 0.978. The highest BCUT2D eigenvalue weighted by Gasteiger charge is 2.24. The molecule has 0 saturated heterocycles. The van der Waals surface area contributed by atoms with Gasteiger partial charge in [-0.15, -0.1) is 0 Å². The second-order valence-corrected chi connectivity index (χ2v) is 13.9. The SMILES string of the molecule is C=C(C)c1ccc2c(c1)c1cc3c(cc1n2-c1cnccc1C)-c1cc2c(cc1CC3)c1cc(-c3cncnc3)ccc1n2-c1cnccc1C. The molecule has 0 amide bonds. The number of hydrogen-bond donors (Lipinski definition) is 0. The van der Waals surface area contributed by atoms with Crippen molar-refractivity contribution >= 4 is 49.2 Å². The molecule has 6 nitrogen and oxygen atoms in total. The molecule has 10 rings (SSSR count). The molecule has 0 aliphatic heterocycles. The number of allylic oxidation sites excluding steroid dienone is 1. The van der Waals surface area contributed by atoms with E-state index in [-0.39, 0.29) is 0 Å². The van der Waals surface area contributed by atoms with Gasteiger partial charge in [0, 0.05) is 51.9 Å². The van der Waals surface area contributed by atoms with Crippen molar-refractivity contribution in [2.24, 2.45) is 0 Å². The van der Waals surface area contributed by atoms with Crippen molar-refractivity contribution in [3.05, 3.63) is 151 Å². The standard InChI is InChI=1S/C45H34N6/c1-26(2)29-7-9-40-36(15-29)38-17-31-5-6-32-18-39-37-16-30(33-21-48-25-49-22-33)8-10-41(37)51(45-24-47-14-12-28(45)4)43(39)20-35(32)34(31)19-42(38)50(40)44-23-46-13-11-27(44)3/h7-25H,1,5-6H2,2-4H3. The zero-order valence-electron chi connectivity index (χ0n) is 28.8. The molecule has 0 radical (unpaired) electrons. The van der Waals surface area contributed by atoms with E-state index in [1.165, 1.54) is 71.5 Å². The number of aryl methyl sites for hydroxylation is 4. The highest BCUT2D eigenvalue weighted by molar-refractivity contribution is 6.14. The van der Waals surface area contributed by atoms with Gasteiger partial charge in [0.15, 0.2) is 0 Å². The maximum Gasteiger partial charge on any atom is 0.115 e. The van der Waals surface area contributed by atoms with Crippen LogP contribution in [0.2, 0.25) is 0 Å². The van der Waals surface area contributed by atoms with Crippen LogP contribution in [0.5, 0.6) is 0 Å². The Bertz CT molecular complexity index is 2910. The summed E-state index contributed by atoms with van der Waals surface area (Å²) in [5, 5.41) is 4.95. The largest absolute Gasteiger partial charge is 0.307 e. The Morgan fingerprint density at radius 3 is 1.63 bits per heavy atom. The number of pyridine rings is 2. The Labute approximate surface area is 295 Å². The topological polar surface area (TPSA) is 61.4 Å². The number of aromatic nitrogens is 6. The van der Waals surface area contributed by atoms with Gasteiger partial charge < -0.3 is 9.13 Å². The van der Waals surface area contributed by atoms with Crippen LogP contribution >= 0.6 is 0 Å². The highest BCUT2D eigenvalue weighted by Crippen LogP contribution is 2.45. The second kappa shape index (κ2) is 11.1. The fraction of sp³-hybridized carbons (Fsp3) is 0.111. The van der Waals surface area contributed by atoms with Gasteiger partial charge in [0.25, 0.3) is 0 Å². The molecule has 0 spiro atoms. The van der Waals surface area contributed by atoms with Gasteiger partial charge in [0.2, 0.25) is 0 Å². The molecular weight excluding hydrogens is 625 g/mol. The van der Waals surface area contributed by atoms with E-state index in [4.69, 9.17) is 0 Å². The van der Waals surface area contributed by atoms with Crippen molar-refractivity contribution in [2.45, 2.75) is 33.6 Å². The highest BCUT2D eigenvalue weighted by atomic mass is 15.0. The summed E-state index contributed by atoms with van der Waals surface area (Å²) < 4.78 is 4.79. The minimum atomic E-state index is 0.978. The van der Waals surface area contributed by atoms with Crippen molar-refractivity contribution in [2.75, 3.05) is 0 Å². The molecule has 4 aromatic carbocycles. The smallest absolute Gasteiger partial charge is 0.115 e. The third-order valence-corrected chi connectivity index (χ3v) is 10.8. The zero-order valence-corrected chi connectivity index (χ0v) is 28.8. The fourth-order valence-corrected chi connectivity index (χ4v) is 8.20. The third kappa shape index (κ3) is 4.42. The number of benzene rings is 4. The maximum absolute atomic E-state index is 4.57. The molecule has 6 heteroatoms. The Balaban J connectivity index is 1.28. The first kappa shape index (κ1) is 29.5. The molecule has 1 aliphatic rings. The first-order valence-corrected chi connectivity index (χ1v) is 17.4. The summed E-state index contributed by atoms with van der Waals surface area (Å²) in [6, 6.07) is 27.3. The molecule has 0 unspecified atom stereocenters. The van der Waals surface area contributed by atoms with Crippen LogP contribution in [-0.2, 0) is 12.8 Å². The summed E-state index contributed by atoms with van der Waals surface area (Å²) in [5.74, 6) is 0. The fourth-order valence-electron chi connectivity index (χ4n) is 8.20. The van der Waals surface area contributed by atoms with Crippen molar-refractivity contribution < 1.29 is 0 Å². The van der Waals surface area contributed by atoms with E-state index in [1.54, 1.807) is 6.33 Å². The van der Waals surface area contributed by atoms with Crippen LogP contribution in [-0.4, -0.2) is 29.1 Å². The van der Waals surface area contributed by atoms with Crippen molar-refractivity contribution in [3.8, 4) is 33.6 Å². The zero-order chi connectivity index (χ0) is 34.4. The Morgan fingerprint density at radius 2 is 1.08 bits per heavy atom. The normalized spacial score (nSPS) is 12.5. The van der Waals surface area contributed by atoms with E-state index in [9.17, 15) is 0 Å². The molecule has 1 aliphatic carbocycles. The van der Waals surface area contributed by atoms with Gasteiger partial charge in [0.05, 0.1) is 45.8 Å². The lowest BCUT2D eigenvalue weighted by Crippen LogP contribution is -2.05. The van der Waals surface area contributed by atoms with Crippen LogP contribution in [0.1, 0.15) is 34.7 Å². The summed E-state index contributed by atoms with van der Waals surface area (Å²) >= 11 is 0. The average Bonchev–Trinajstić information content (AvgIpc) is 3.64. The van der Waals surface area contributed by atoms with E-state index in [1.807, 2.05) is 37.2 Å². The van der Waals surface area contributed by atoms with Gasteiger partial charge in [-0.25, -0.2) is 9.97 Å². The van der Waals surface area contributed by atoms with E-state index in [2.05, 4.69) is 129 Å². The lowest BCUT2D eigenvalue weighted by atomic mass is 9.84. The first-order valence-electron chi connectivity index (χ1n) is 17.4. The number of hydrogen-bond acceptors (Lipinski definition) is 4. The summed E-state index contributed by atoms with van der Waals surface area (Å²) in [6.07, 6.45) is 15.0. The Kier molecular flexibility index (Phi) is 6.40. The van der Waals surface area contributed by atoms with Crippen molar-refractivity contribution in [1.29, 1.82) is 0 Å². The van der Waals surface area contributed by atoms with E-state index < -0.39 is 0 Å². The van der Waals surface area contributed by atoms with Gasteiger partial charge in [-0.05, 0) is 139 Å². The lowest BCUT2D eigenvalue weighted by Gasteiger charge is -2.22. The molecule has 0 bridgehead atoms. The van der Waals surface area contributed by atoms with E-state index >= 15 is 0 Å². The lowest BCUT2D eigenvalue weighted by molar-refractivity contribution is 0.945. The van der Waals surface area contributed by atoms with Crippen LogP contribution in [0.15, 0.2) is 123 Å². The average molecular weight is 659 g/mol. The molecular formula is C45H34N6. The molecule has 5 aromatic heterocycles. The Hall–Kier alpha value is -6.40. The van der Waals surface area contributed by atoms with Crippen LogP contribution < -0.4 is 0 Å². The summed E-state index contributed by atoms with van der Waals surface area (Å²) in [7, 11) is 0. The molecule has 0 N–H and O–H groups in total. The summed E-state index contributed by atoms with van der Waals surface area (Å²) in [4.78, 5) is 17.7. The van der Waals surface area contributed by atoms with Gasteiger partial charge in [-0.3, -0.25) is 9.97 Å². The monoisotopic (exact) mass is 658 g/mol. The summed E-state index contributed by atoms with van der Waals surface area (Å²) in [5.41, 5.74) is 18.9. The number of rotatable bonds is 4. The quantitative estimate of drug-likeness (QED) is 0.189. The number of nitrogens with zero attached hydrogens (tertiary/aromatic N) is 6. The number of fused-ring (bicyclic) bond motifs is 9.